The molecule has 2 aromatic rings. The zero-order valence-corrected chi connectivity index (χ0v) is 10.9. The van der Waals surface area contributed by atoms with Gasteiger partial charge in [-0.15, -0.1) is 0 Å². The normalized spacial score (nSPS) is 20.9. The van der Waals surface area contributed by atoms with Gasteiger partial charge in [0.2, 0.25) is 0 Å². The fourth-order valence-corrected chi connectivity index (χ4v) is 2.61. The Morgan fingerprint density at radius 1 is 1.44 bits per heavy atom. The van der Waals surface area contributed by atoms with Crippen LogP contribution < -0.4 is 5.32 Å². The van der Waals surface area contributed by atoms with Gasteiger partial charge in [0.15, 0.2) is 5.65 Å². The van der Waals surface area contributed by atoms with Crippen LogP contribution in [0.3, 0.4) is 0 Å². The molecule has 0 radical (unpaired) electrons. The van der Waals surface area contributed by atoms with Gasteiger partial charge in [-0.25, -0.2) is 9.50 Å². The predicted molar refractivity (Wildman–Crippen MR) is 70.6 cm³/mol. The standard InChI is InChI=1S/C13H19N5/c1-14-7-11-9-18-13(15-11)4-3-12(16-18)10-5-6-17(2)8-10/h3-4,9-10,14H,5-8H2,1-2H3. The minimum Gasteiger partial charge on any atom is -0.314 e. The fraction of sp³-hybridized carbons (Fsp3) is 0.538. The van der Waals surface area contributed by atoms with Crippen molar-refractivity contribution in [3.8, 4) is 0 Å². The quantitative estimate of drug-likeness (QED) is 0.871. The van der Waals surface area contributed by atoms with Crippen molar-refractivity contribution in [2.45, 2.75) is 18.9 Å². The maximum atomic E-state index is 4.69. The van der Waals surface area contributed by atoms with Crippen molar-refractivity contribution in [1.29, 1.82) is 0 Å². The molecule has 3 heterocycles. The lowest BCUT2D eigenvalue weighted by Crippen LogP contribution is -2.14. The Hall–Kier alpha value is -1.46. The van der Waals surface area contributed by atoms with E-state index in [2.05, 4.69) is 34.4 Å². The third-order valence-electron chi connectivity index (χ3n) is 3.56. The number of hydrogen-bond donors (Lipinski definition) is 1. The molecule has 0 spiro atoms. The van der Waals surface area contributed by atoms with Crippen molar-refractivity contribution in [3.63, 3.8) is 0 Å². The number of nitrogens with one attached hydrogen (secondary N) is 1. The Kier molecular flexibility index (Phi) is 3.01. The van der Waals surface area contributed by atoms with Crippen LogP contribution in [-0.4, -0.2) is 46.7 Å². The van der Waals surface area contributed by atoms with Gasteiger partial charge in [0.25, 0.3) is 0 Å². The topological polar surface area (TPSA) is 45.5 Å². The van der Waals surface area contributed by atoms with E-state index in [1.165, 1.54) is 18.7 Å². The average Bonchev–Trinajstić information content (AvgIpc) is 2.94. The predicted octanol–water partition coefficient (Wildman–Crippen LogP) is 0.868. The first-order chi connectivity index (χ1) is 8.76. The Morgan fingerprint density at radius 3 is 3.06 bits per heavy atom. The molecule has 0 aromatic carbocycles. The molecular weight excluding hydrogens is 226 g/mol. The number of imidazole rings is 1. The molecule has 1 aliphatic rings. The molecule has 0 amide bonds. The molecule has 5 heteroatoms. The number of aromatic nitrogens is 3. The molecule has 1 saturated heterocycles. The van der Waals surface area contributed by atoms with Crippen LogP contribution in [0.1, 0.15) is 23.7 Å². The Labute approximate surface area is 107 Å². The van der Waals surface area contributed by atoms with Crippen molar-refractivity contribution >= 4 is 5.65 Å². The summed E-state index contributed by atoms with van der Waals surface area (Å²) in [6, 6.07) is 4.19. The van der Waals surface area contributed by atoms with Crippen LogP contribution in [0, 0.1) is 0 Å². The lowest BCUT2D eigenvalue weighted by Gasteiger charge is -2.09. The van der Waals surface area contributed by atoms with E-state index in [4.69, 9.17) is 5.10 Å². The maximum absolute atomic E-state index is 4.69. The average molecular weight is 245 g/mol. The van der Waals surface area contributed by atoms with Gasteiger partial charge in [0.1, 0.15) is 0 Å². The van der Waals surface area contributed by atoms with E-state index in [-0.39, 0.29) is 0 Å². The first-order valence-electron chi connectivity index (χ1n) is 6.44. The van der Waals surface area contributed by atoms with Crippen LogP contribution in [0.25, 0.3) is 5.65 Å². The molecule has 2 aromatic heterocycles. The molecule has 0 saturated carbocycles. The molecule has 1 N–H and O–H groups in total. The van der Waals surface area contributed by atoms with E-state index in [9.17, 15) is 0 Å². The second kappa shape index (κ2) is 4.66. The molecule has 18 heavy (non-hydrogen) atoms. The van der Waals surface area contributed by atoms with Crippen LogP contribution in [-0.2, 0) is 6.54 Å². The Bertz CT molecular complexity index is 547. The van der Waals surface area contributed by atoms with Gasteiger partial charge in [-0.1, -0.05) is 0 Å². The highest BCUT2D eigenvalue weighted by Gasteiger charge is 2.22. The van der Waals surface area contributed by atoms with E-state index in [0.29, 0.717) is 5.92 Å². The van der Waals surface area contributed by atoms with Crippen LogP contribution in [0.2, 0.25) is 0 Å². The highest BCUT2D eigenvalue weighted by Crippen LogP contribution is 2.24. The van der Waals surface area contributed by atoms with Gasteiger partial charge in [0, 0.05) is 19.0 Å². The molecular formula is C13H19N5. The van der Waals surface area contributed by atoms with E-state index in [0.717, 1.165) is 24.4 Å². The summed E-state index contributed by atoms with van der Waals surface area (Å²) in [5.74, 6) is 0.564. The second-order valence-electron chi connectivity index (χ2n) is 5.07. The Balaban J connectivity index is 1.90. The number of hydrogen-bond acceptors (Lipinski definition) is 4. The van der Waals surface area contributed by atoms with Crippen molar-refractivity contribution in [2.75, 3.05) is 27.2 Å². The van der Waals surface area contributed by atoms with E-state index in [1.807, 2.05) is 17.8 Å². The van der Waals surface area contributed by atoms with Gasteiger partial charge in [-0.3, -0.25) is 0 Å². The fourth-order valence-electron chi connectivity index (χ4n) is 2.61. The maximum Gasteiger partial charge on any atom is 0.153 e. The summed E-state index contributed by atoms with van der Waals surface area (Å²) in [5.41, 5.74) is 3.14. The molecule has 0 bridgehead atoms. The minimum absolute atomic E-state index is 0.564. The third kappa shape index (κ3) is 2.11. The van der Waals surface area contributed by atoms with Crippen LogP contribution in [0.4, 0.5) is 0 Å². The summed E-state index contributed by atoms with van der Waals surface area (Å²) < 4.78 is 1.90. The van der Waals surface area contributed by atoms with Gasteiger partial charge in [-0.2, -0.15) is 5.10 Å². The van der Waals surface area contributed by atoms with E-state index >= 15 is 0 Å². The number of rotatable bonds is 3. The van der Waals surface area contributed by atoms with Gasteiger partial charge in [-0.05, 0) is 39.2 Å². The zero-order chi connectivity index (χ0) is 12.5. The van der Waals surface area contributed by atoms with Gasteiger partial charge in [0.05, 0.1) is 17.6 Å². The molecule has 5 nitrogen and oxygen atoms in total. The Morgan fingerprint density at radius 2 is 2.33 bits per heavy atom. The first-order valence-corrected chi connectivity index (χ1v) is 6.44. The van der Waals surface area contributed by atoms with Crippen LogP contribution in [0.15, 0.2) is 18.3 Å². The van der Waals surface area contributed by atoms with E-state index < -0.39 is 0 Å². The summed E-state index contributed by atoms with van der Waals surface area (Å²) >= 11 is 0. The van der Waals surface area contributed by atoms with Gasteiger partial charge < -0.3 is 10.2 Å². The monoisotopic (exact) mass is 245 g/mol. The summed E-state index contributed by atoms with van der Waals surface area (Å²) in [6.45, 7) is 3.06. The molecule has 0 aliphatic carbocycles. The van der Waals surface area contributed by atoms with Crippen molar-refractivity contribution in [2.24, 2.45) is 0 Å². The molecule has 1 fully saturated rings. The summed E-state index contributed by atoms with van der Waals surface area (Å²) in [6.07, 6.45) is 3.21. The highest BCUT2D eigenvalue weighted by atomic mass is 15.3. The van der Waals surface area contributed by atoms with Crippen LogP contribution >= 0.6 is 0 Å². The van der Waals surface area contributed by atoms with Crippen molar-refractivity contribution in [1.82, 2.24) is 24.8 Å². The van der Waals surface area contributed by atoms with Crippen LogP contribution in [0.5, 0.6) is 0 Å². The lowest BCUT2D eigenvalue weighted by molar-refractivity contribution is 0.410. The summed E-state index contributed by atoms with van der Waals surface area (Å²) in [4.78, 5) is 6.87. The second-order valence-corrected chi connectivity index (χ2v) is 5.07. The zero-order valence-electron chi connectivity index (χ0n) is 10.9. The lowest BCUT2D eigenvalue weighted by atomic mass is 10.1. The molecule has 3 rings (SSSR count). The third-order valence-corrected chi connectivity index (χ3v) is 3.56. The van der Waals surface area contributed by atoms with Gasteiger partial charge >= 0.3 is 0 Å². The first kappa shape index (κ1) is 11.6. The SMILES string of the molecule is CNCc1cn2nc(C3CCN(C)C3)ccc2n1. The number of nitrogens with zero attached hydrogens (tertiary/aromatic N) is 4. The molecule has 1 atom stereocenters. The molecule has 96 valence electrons. The van der Waals surface area contributed by atoms with Crippen molar-refractivity contribution < 1.29 is 0 Å². The molecule has 1 unspecified atom stereocenters. The van der Waals surface area contributed by atoms with Crippen molar-refractivity contribution in [3.05, 3.63) is 29.7 Å². The van der Waals surface area contributed by atoms with E-state index in [1.54, 1.807) is 0 Å². The number of likely N-dealkylation sites (tertiary alicyclic amines) is 1. The largest absolute Gasteiger partial charge is 0.314 e. The highest BCUT2D eigenvalue weighted by molar-refractivity contribution is 5.39. The minimum atomic E-state index is 0.564. The number of likely N-dealkylation sites (N-methyl/N-ethyl adjacent to an activating group) is 1. The summed E-state index contributed by atoms with van der Waals surface area (Å²) in [5, 5.41) is 7.80. The summed E-state index contributed by atoms with van der Waals surface area (Å²) in [7, 11) is 4.10. The smallest absolute Gasteiger partial charge is 0.153 e. The number of fused-ring (bicyclic) bond motifs is 1. The molecule has 1 aliphatic heterocycles.